The van der Waals surface area contributed by atoms with E-state index in [0.717, 1.165) is 14.5 Å². The summed E-state index contributed by atoms with van der Waals surface area (Å²) in [5.74, 6) is -0.538. The number of aliphatic hydroxyl groups is 1. The molecule has 1 unspecified atom stereocenters. The van der Waals surface area contributed by atoms with Gasteiger partial charge in [0.2, 0.25) is 0 Å². The van der Waals surface area contributed by atoms with Crippen molar-refractivity contribution in [3.63, 3.8) is 0 Å². The van der Waals surface area contributed by atoms with Gasteiger partial charge in [-0.1, -0.05) is 66.7 Å². The van der Waals surface area contributed by atoms with Crippen LogP contribution in [0.25, 0.3) is 10.8 Å². The lowest BCUT2D eigenvalue weighted by Crippen LogP contribution is -2.41. The molecule has 0 bridgehead atoms. The average molecular weight is 507 g/mol. The van der Waals surface area contributed by atoms with Crippen molar-refractivity contribution in [3.8, 4) is 5.75 Å². The lowest BCUT2D eigenvalue weighted by atomic mass is 9.85. The molecule has 1 aliphatic rings. The van der Waals surface area contributed by atoms with Crippen molar-refractivity contribution in [2.24, 2.45) is 0 Å². The fraction of sp³-hybridized carbons (Fsp3) is 0.0800. The van der Waals surface area contributed by atoms with Crippen LogP contribution in [0, 0.1) is 3.57 Å². The second-order valence-electron chi connectivity index (χ2n) is 7.43. The lowest BCUT2D eigenvalue weighted by molar-refractivity contribution is -0.132. The van der Waals surface area contributed by atoms with E-state index in [-0.39, 0.29) is 11.3 Å². The van der Waals surface area contributed by atoms with Gasteiger partial charge in [-0.3, -0.25) is 4.79 Å². The molecule has 4 nitrogen and oxygen atoms in total. The van der Waals surface area contributed by atoms with E-state index in [0.29, 0.717) is 23.2 Å². The van der Waals surface area contributed by atoms with Gasteiger partial charge in [-0.15, -0.1) is 0 Å². The van der Waals surface area contributed by atoms with Gasteiger partial charge >= 0.3 is 0 Å². The van der Waals surface area contributed by atoms with Crippen molar-refractivity contribution in [3.05, 3.63) is 105 Å². The summed E-state index contributed by atoms with van der Waals surface area (Å²) in [6, 6.07) is 26.1. The monoisotopic (exact) mass is 507 g/mol. The maximum absolute atomic E-state index is 13.7. The maximum Gasteiger partial charge on any atom is 0.268 e. The van der Waals surface area contributed by atoms with E-state index in [2.05, 4.69) is 22.6 Å². The predicted molar refractivity (Wildman–Crippen MR) is 125 cm³/mol. The topological polar surface area (TPSA) is 60.8 Å². The number of nitrogens with zero attached hydrogens (tertiary/aromatic N) is 1. The van der Waals surface area contributed by atoms with Crippen LogP contribution in [-0.4, -0.2) is 16.1 Å². The lowest BCUT2D eigenvalue weighted by Gasteiger charge is -2.25. The molecule has 1 heterocycles. The summed E-state index contributed by atoms with van der Waals surface area (Å²) < 4.78 is 0.902. The highest BCUT2D eigenvalue weighted by Gasteiger charge is 2.52. The zero-order valence-corrected chi connectivity index (χ0v) is 18.1. The fourth-order valence-electron chi connectivity index (χ4n) is 4.18. The van der Waals surface area contributed by atoms with Gasteiger partial charge in [-0.05, 0) is 51.7 Å². The molecule has 0 saturated heterocycles. The number of phenolic OH excluding ortho intramolecular Hbond substituents is 1. The third-order valence-corrected chi connectivity index (χ3v) is 6.34. The number of carbonyl (C=O) groups is 1. The number of aromatic hydroxyl groups is 1. The Morgan fingerprint density at radius 1 is 0.867 bits per heavy atom. The molecule has 2 N–H and O–H groups in total. The summed E-state index contributed by atoms with van der Waals surface area (Å²) in [6.07, 6.45) is 0. The van der Waals surface area contributed by atoms with Gasteiger partial charge in [0.1, 0.15) is 5.75 Å². The summed E-state index contributed by atoms with van der Waals surface area (Å²) in [5.41, 5.74) is 0.340. The SMILES string of the molecule is O=C1N(Cc2ccccc2)c2ccc(I)cc2C1(O)c1ccc2ccccc2c1O. The van der Waals surface area contributed by atoms with E-state index >= 15 is 0 Å². The number of benzene rings is 4. The van der Waals surface area contributed by atoms with Crippen molar-refractivity contribution in [1.82, 2.24) is 0 Å². The Bertz CT molecular complexity index is 1290. The molecular weight excluding hydrogens is 489 g/mol. The number of fused-ring (bicyclic) bond motifs is 2. The van der Waals surface area contributed by atoms with E-state index in [4.69, 9.17) is 0 Å². The second-order valence-corrected chi connectivity index (χ2v) is 8.68. The van der Waals surface area contributed by atoms with E-state index in [1.807, 2.05) is 72.8 Å². The molecule has 0 spiro atoms. The minimum absolute atomic E-state index is 0.0738. The highest BCUT2D eigenvalue weighted by Crippen LogP contribution is 2.49. The highest BCUT2D eigenvalue weighted by atomic mass is 127. The Morgan fingerprint density at radius 2 is 1.60 bits per heavy atom. The van der Waals surface area contributed by atoms with Crippen molar-refractivity contribution in [1.29, 1.82) is 0 Å². The molecule has 1 atom stereocenters. The summed E-state index contributed by atoms with van der Waals surface area (Å²) in [7, 11) is 0. The van der Waals surface area contributed by atoms with Gasteiger partial charge in [0.05, 0.1) is 12.2 Å². The van der Waals surface area contributed by atoms with Crippen LogP contribution in [0.15, 0.2) is 84.9 Å². The molecule has 1 aliphatic heterocycles. The van der Waals surface area contributed by atoms with Gasteiger partial charge in [-0.25, -0.2) is 0 Å². The first-order chi connectivity index (χ1) is 14.5. The zero-order valence-electron chi connectivity index (χ0n) is 15.9. The summed E-state index contributed by atoms with van der Waals surface area (Å²) in [6.45, 7) is 0.337. The molecule has 0 fully saturated rings. The van der Waals surface area contributed by atoms with E-state index < -0.39 is 11.5 Å². The second kappa shape index (κ2) is 7.11. The number of carbonyl (C=O) groups excluding carboxylic acids is 1. The Morgan fingerprint density at radius 3 is 2.40 bits per heavy atom. The smallest absolute Gasteiger partial charge is 0.268 e. The van der Waals surface area contributed by atoms with Crippen LogP contribution in [-0.2, 0) is 16.9 Å². The molecule has 0 aliphatic carbocycles. The molecule has 4 aromatic carbocycles. The molecule has 30 heavy (non-hydrogen) atoms. The zero-order chi connectivity index (χ0) is 20.9. The third-order valence-electron chi connectivity index (χ3n) is 5.67. The first-order valence-electron chi connectivity index (χ1n) is 9.59. The first kappa shape index (κ1) is 19.1. The summed E-state index contributed by atoms with van der Waals surface area (Å²) in [4.78, 5) is 15.2. The number of halogens is 1. The number of hydrogen-bond donors (Lipinski definition) is 2. The molecule has 0 radical (unpaired) electrons. The Balaban J connectivity index is 1.71. The predicted octanol–water partition coefficient (Wildman–Crippen LogP) is 4.93. The third kappa shape index (κ3) is 2.80. The van der Waals surface area contributed by atoms with E-state index in [9.17, 15) is 15.0 Å². The van der Waals surface area contributed by atoms with E-state index in [1.54, 1.807) is 17.0 Å². The van der Waals surface area contributed by atoms with Crippen LogP contribution in [0.2, 0.25) is 0 Å². The Hall–Kier alpha value is -2.90. The van der Waals surface area contributed by atoms with Gasteiger partial charge in [0.25, 0.3) is 5.91 Å². The van der Waals surface area contributed by atoms with Gasteiger partial charge in [0.15, 0.2) is 5.60 Å². The van der Waals surface area contributed by atoms with Crippen LogP contribution >= 0.6 is 22.6 Å². The van der Waals surface area contributed by atoms with Crippen LogP contribution in [0.1, 0.15) is 16.7 Å². The Labute approximate surface area is 187 Å². The molecular formula is C25H18INO3. The number of phenols is 1. The van der Waals surface area contributed by atoms with Gasteiger partial charge in [-0.2, -0.15) is 0 Å². The quantitative estimate of drug-likeness (QED) is 0.387. The normalized spacial score (nSPS) is 18.1. The summed E-state index contributed by atoms with van der Waals surface area (Å²) in [5, 5.41) is 24.3. The standard InChI is InChI=1S/C25H18INO3/c26-18-11-13-22-21(14-18)25(30,24(29)27(22)15-16-6-2-1-3-7-16)20-12-10-17-8-4-5-9-19(17)23(20)28/h1-14,28,30H,15H2. The van der Waals surface area contributed by atoms with Crippen molar-refractivity contribution in [2.45, 2.75) is 12.1 Å². The van der Waals surface area contributed by atoms with Crippen molar-refractivity contribution >= 4 is 45.0 Å². The molecule has 4 aromatic rings. The van der Waals surface area contributed by atoms with Gasteiger partial charge in [0, 0.05) is 20.1 Å². The minimum atomic E-state index is -1.96. The van der Waals surface area contributed by atoms with Crippen LogP contribution < -0.4 is 4.90 Å². The molecule has 1 amide bonds. The number of amides is 1. The van der Waals surface area contributed by atoms with Crippen LogP contribution in [0.4, 0.5) is 5.69 Å². The average Bonchev–Trinajstić information content (AvgIpc) is 2.97. The molecule has 148 valence electrons. The maximum atomic E-state index is 13.7. The molecule has 0 saturated carbocycles. The molecule has 5 heteroatoms. The number of hydrogen-bond acceptors (Lipinski definition) is 3. The number of rotatable bonds is 3. The molecule has 5 rings (SSSR count). The fourth-order valence-corrected chi connectivity index (χ4v) is 4.67. The van der Waals surface area contributed by atoms with Gasteiger partial charge < -0.3 is 15.1 Å². The Kier molecular flexibility index (Phi) is 4.52. The number of anilines is 1. The van der Waals surface area contributed by atoms with Crippen molar-refractivity contribution in [2.75, 3.05) is 4.90 Å². The summed E-state index contributed by atoms with van der Waals surface area (Å²) >= 11 is 2.17. The van der Waals surface area contributed by atoms with E-state index in [1.165, 1.54) is 0 Å². The largest absolute Gasteiger partial charge is 0.507 e. The van der Waals surface area contributed by atoms with Crippen LogP contribution in [0.3, 0.4) is 0 Å². The van der Waals surface area contributed by atoms with Crippen molar-refractivity contribution < 1.29 is 15.0 Å². The minimum Gasteiger partial charge on any atom is -0.507 e. The molecule has 0 aromatic heterocycles. The van der Waals surface area contributed by atoms with Crippen LogP contribution in [0.5, 0.6) is 5.75 Å². The first-order valence-corrected chi connectivity index (χ1v) is 10.7. The highest BCUT2D eigenvalue weighted by molar-refractivity contribution is 14.1.